The van der Waals surface area contributed by atoms with Crippen molar-refractivity contribution in [2.45, 2.75) is 19.4 Å². The molecule has 5 nitrogen and oxygen atoms in total. The van der Waals surface area contributed by atoms with Crippen molar-refractivity contribution in [1.82, 2.24) is 5.32 Å². The van der Waals surface area contributed by atoms with Crippen molar-refractivity contribution in [3.05, 3.63) is 45.8 Å². The number of aryl methyl sites for hydroxylation is 1. The first-order valence-corrected chi connectivity index (χ1v) is 5.48. The molecule has 0 heterocycles. The largest absolute Gasteiger partial charge is 0.298 e. The minimum absolute atomic E-state index is 0.304. The molecule has 5 heteroatoms. The van der Waals surface area contributed by atoms with Crippen molar-refractivity contribution in [3.8, 4) is 6.07 Å². The third kappa shape index (κ3) is 4.56. The van der Waals surface area contributed by atoms with Gasteiger partial charge in [0.05, 0.1) is 6.07 Å². The van der Waals surface area contributed by atoms with Gasteiger partial charge in [-0.2, -0.15) is 5.26 Å². The zero-order valence-corrected chi connectivity index (χ0v) is 9.80. The van der Waals surface area contributed by atoms with Gasteiger partial charge < -0.3 is 0 Å². The zero-order chi connectivity index (χ0) is 12.5. The van der Waals surface area contributed by atoms with Gasteiger partial charge in [0.2, 0.25) is 0 Å². The first kappa shape index (κ1) is 13.0. The molecule has 1 aromatic rings. The van der Waals surface area contributed by atoms with Crippen LogP contribution in [0.5, 0.6) is 0 Å². The molecule has 0 radical (unpaired) electrons. The summed E-state index contributed by atoms with van der Waals surface area (Å²) in [4.78, 5) is 2.67. The number of rotatable bonds is 6. The maximum Gasteiger partial charge on any atom is 0.121 e. The van der Waals surface area contributed by atoms with E-state index in [1.807, 2.05) is 31.2 Å². The second-order valence-electron chi connectivity index (χ2n) is 3.73. The van der Waals surface area contributed by atoms with Crippen LogP contribution in [-0.4, -0.2) is 13.1 Å². The predicted octanol–water partition coefficient (Wildman–Crippen LogP) is 2.85. The van der Waals surface area contributed by atoms with E-state index in [-0.39, 0.29) is 6.04 Å². The van der Waals surface area contributed by atoms with Crippen molar-refractivity contribution < 1.29 is 0 Å². The van der Waals surface area contributed by atoms with Crippen LogP contribution in [-0.2, 0) is 0 Å². The maximum absolute atomic E-state index is 9.06. The van der Waals surface area contributed by atoms with Crippen molar-refractivity contribution in [3.63, 3.8) is 0 Å². The van der Waals surface area contributed by atoms with Gasteiger partial charge in [-0.25, -0.2) is 0 Å². The Morgan fingerprint density at radius 1 is 1.47 bits per heavy atom. The first-order chi connectivity index (χ1) is 8.27. The van der Waals surface area contributed by atoms with Gasteiger partial charge >= 0.3 is 0 Å². The Hall–Kier alpha value is -2.02. The maximum atomic E-state index is 9.06. The molecule has 0 aliphatic heterocycles. The molecule has 0 bridgehead atoms. The topological polar surface area (TPSA) is 84.6 Å². The van der Waals surface area contributed by atoms with Crippen LogP contribution < -0.4 is 5.32 Å². The van der Waals surface area contributed by atoms with Crippen molar-refractivity contribution >= 4 is 0 Å². The molecule has 0 amide bonds. The van der Waals surface area contributed by atoms with E-state index in [0.29, 0.717) is 13.1 Å². The van der Waals surface area contributed by atoms with Crippen LogP contribution in [0, 0.1) is 18.3 Å². The molecule has 0 saturated carbocycles. The first-order valence-electron chi connectivity index (χ1n) is 5.48. The van der Waals surface area contributed by atoms with Crippen molar-refractivity contribution in [2.24, 2.45) is 5.11 Å². The summed E-state index contributed by atoms with van der Waals surface area (Å²) in [7, 11) is 0. The van der Waals surface area contributed by atoms with E-state index in [1.54, 1.807) is 0 Å². The molecule has 0 aliphatic rings. The van der Waals surface area contributed by atoms with E-state index < -0.39 is 0 Å². The lowest BCUT2D eigenvalue weighted by molar-refractivity contribution is 0.607. The Labute approximate surface area is 101 Å². The quantitative estimate of drug-likeness (QED) is 0.352. The number of nitrogens with zero attached hydrogens (tertiary/aromatic N) is 4. The van der Waals surface area contributed by atoms with E-state index >= 15 is 0 Å². The Morgan fingerprint density at radius 2 is 2.18 bits per heavy atom. The molecule has 0 aliphatic carbocycles. The van der Waals surface area contributed by atoms with E-state index in [9.17, 15) is 0 Å². The molecule has 0 spiro atoms. The van der Waals surface area contributed by atoms with Crippen LogP contribution in [0.2, 0.25) is 0 Å². The Kier molecular flexibility index (Phi) is 5.59. The summed E-state index contributed by atoms with van der Waals surface area (Å²) in [6, 6.07) is 9.78. The van der Waals surface area contributed by atoms with Gasteiger partial charge in [-0.1, -0.05) is 34.9 Å². The predicted molar refractivity (Wildman–Crippen MR) is 66.2 cm³/mol. The lowest BCUT2D eigenvalue weighted by Crippen LogP contribution is -2.21. The Morgan fingerprint density at radius 3 is 2.76 bits per heavy atom. The van der Waals surface area contributed by atoms with Gasteiger partial charge in [-0.3, -0.25) is 5.32 Å². The highest BCUT2D eigenvalue weighted by atomic mass is 15.1. The number of hydrogen-bond acceptors (Lipinski definition) is 3. The van der Waals surface area contributed by atoms with E-state index in [2.05, 4.69) is 21.4 Å². The molecule has 1 rings (SSSR count). The minimum Gasteiger partial charge on any atom is -0.298 e. The Balaban J connectivity index is 2.46. The van der Waals surface area contributed by atoms with E-state index in [4.69, 9.17) is 10.8 Å². The number of azide groups is 1. The summed E-state index contributed by atoms with van der Waals surface area (Å²) in [6.45, 7) is 3.12. The molecule has 17 heavy (non-hydrogen) atoms. The fourth-order valence-corrected chi connectivity index (χ4v) is 1.44. The Bertz CT molecular complexity index is 425. The van der Waals surface area contributed by atoms with Crippen LogP contribution in [0.25, 0.3) is 10.4 Å². The highest BCUT2D eigenvalue weighted by Crippen LogP contribution is 2.12. The third-order valence-electron chi connectivity index (χ3n) is 2.39. The zero-order valence-electron chi connectivity index (χ0n) is 9.80. The molecule has 1 unspecified atom stereocenters. The summed E-state index contributed by atoms with van der Waals surface area (Å²) in [5, 5.41) is 15.6. The fourth-order valence-electron chi connectivity index (χ4n) is 1.44. The second-order valence-corrected chi connectivity index (χ2v) is 3.73. The summed E-state index contributed by atoms with van der Waals surface area (Å²) < 4.78 is 0. The third-order valence-corrected chi connectivity index (χ3v) is 2.39. The molecule has 0 aromatic heterocycles. The summed E-state index contributed by atoms with van der Waals surface area (Å²) in [6.07, 6.45) is 0.730. The standard InChI is InChI=1S/C12H15N5/c1-10-3-5-11(6-4-10)12(9-13)15-7-2-8-16-17-14/h3-6,12,15H,2,7-8H2,1H3. The minimum atomic E-state index is -0.304. The van der Waals surface area contributed by atoms with Crippen LogP contribution in [0.3, 0.4) is 0 Å². The summed E-state index contributed by atoms with van der Waals surface area (Å²) >= 11 is 0. The van der Waals surface area contributed by atoms with Crippen LogP contribution in [0.1, 0.15) is 23.6 Å². The number of hydrogen-bond donors (Lipinski definition) is 1. The van der Waals surface area contributed by atoms with Gasteiger partial charge in [-0.15, -0.1) is 0 Å². The molecule has 1 aromatic carbocycles. The van der Waals surface area contributed by atoms with Crippen LogP contribution in [0.4, 0.5) is 0 Å². The molecule has 88 valence electrons. The van der Waals surface area contributed by atoms with Gasteiger partial charge in [-0.05, 0) is 31.0 Å². The van der Waals surface area contributed by atoms with Gasteiger partial charge in [0.25, 0.3) is 0 Å². The van der Waals surface area contributed by atoms with Gasteiger partial charge in [0, 0.05) is 11.5 Å². The normalized spacial score (nSPS) is 11.3. The molecule has 1 atom stereocenters. The van der Waals surface area contributed by atoms with E-state index in [1.165, 1.54) is 5.56 Å². The molecule has 0 saturated heterocycles. The summed E-state index contributed by atoms with van der Waals surface area (Å²) in [5.74, 6) is 0. The molecule has 0 fully saturated rings. The van der Waals surface area contributed by atoms with E-state index in [0.717, 1.165) is 12.0 Å². The number of nitrogens with one attached hydrogen (secondary N) is 1. The lowest BCUT2D eigenvalue weighted by Gasteiger charge is -2.11. The monoisotopic (exact) mass is 229 g/mol. The SMILES string of the molecule is Cc1ccc(C(C#N)NCCCN=[N+]=[N-])cc1. The smallest absolute Gasteiger partial charge is 0.121 e. The molecular weight excluding hydrogens is 214 g/mol. The van der Waals surface area contributed by atoms with Gasteiger partial charge in [0.15, 0.2) is 0 Å². The molecule has 1 N–H and O–H groups in total. The van der Waals surface area contributed by atoms with Crippen LogP contribution in [0.15, 0.2) is 29.4 Å². The number of benzene rings is 1. The highest BCUT2D eigenvalue weighted by Gasteiger charge is 2.08. The fraction of sp³-hybridized carbons (Fsp3) is 0.417. The molecular formula is C12H15N5. The van der Waals surface area contributed by atoms with Crippen LogP contribution >= 0.6 is 0 Å². The second kappa shape index (κ2) is 7.29. The average Bonchev–Trinajstić information content (AvgIpc) is 2.35. The van der Waals surface area contributed by atoms with Gasteiger partial charge in [0.1, 0.15) is 6.04 Å². The highest BCUT2D eigenvalue weighted by molar-refractivity contribution is 5.27. The average molecular weight is 229 g/mol. The lowest BCUT2D eigenvalue weighted by atomic mass is 10.1. The summed E-state index contributed by atoms with van der Waals surface area (Å²) in [5.41, 5.74) is 10.2. The van der Waals surface area contributed by atoms with Crippen molar-refractivity contribution in [2.75, 3.05) is 13.1 Å². The van der Waals surface area contributed by atoms with Crippen molar-refractivity contribution in [1.29, 1.82) is 5.26 Å². The number of nitriles is 1.